The molecule has 1 N–H and O–H groups in total. The summed E-state index contributed by atoms with van der Waals surface area (Å²) in [4.78, 5) is 15.3. The number of hydrogen-bond acceptors (Lipinski definition) is 7. The van der Waals surface area contributed by atoms with E-state index in [4.69, 9.17) is 9.15 Å². The first-order valence-corrected chi connectivity index (χ1v) is 12.5. The molecular weight excluding hydrogens is 462 g/mol. The van der Waals surface area contributed by atoms with Crippen LogP contribution in [0.1, 0.15) is 12.7 Å². The predicted octanol–water partition coefficient (Wildman–Crippen LogP) is 4.54. The minimum Gasteiger partial charge on any atom is -0.467 e. The summed E-state index contributed by atoms with van der Waals surface area (Å²) in [5, 5.41) is 12.1. The van der Waals surface area contributed by atoms with Crippen LogP contribution in [-0.4, -0.2) is 52.2 Å². The van der Waals surface area contributed by atoms with Crippen LogP contribution >= 0.6 is 11.8 Å². The van der Waals surface area contributed by atoms with Crippen molar-refractivity contribution in [1.82, 2.24) is 14.8 Å². The molecule has 2 aromatic heterocycles. The second kappa shape index (κ2) is 10.8. The van der Waals surface area contributed by atoms with Crippen LogP contribution in [0.25, 0.3) is 11.4 Å². The molecule has 1 fully saturated rings. The molecule has 1 amide bonds. The zero-order valence-corrected chi connectivity index (χ0v) is 20.3. The van der Waals surface area contributed by atoms with Crippen LogP contribution in [0.2, 0.25) is 0 Å². The summed E-state index contributed by atoms with van der Waals surface area (Å²) in [6.45, 7) is 5.58. The number of aromatic nitrogens is 3. The van der Waals surface area contributed by atoms with Crippen molar-refractivity contribution in [2.75, 3.05) is 36.5 Å². The molecule has 2 aromatic carbocycles. The van der Waals surface area contributed by atoms with E-state index in [1.165, 1.54) is 11.8 Å². The molecule has 1 aliphatic rings. The summed E-state index contributed by atoms with van der Waals surface area (Å²) < 4.78 is 13.0. The van der Waals surface area contributed by atoms with Crippen molar-refractivity contribution in [1.29, 1.82) is 0 Å². The van der Waals surface area contributed by atoms with Gasteiger partial charge in [-0.05, 0) is 43.3 Å². The molecule has 0 radical (unpaired) electrons. The van der Waals surface area contributed by atoms with E-state index in [1.807, 2.05) is 78.2 Å². The first-order valence-electron chi connectivity index (χ1n) is 11.6. The number of furan rings is 1. The molecule has 5 rings (SSSR count). The number of morpholine rings is 1. The van der Waals surface area contributed by atoms with Gasteiger partial charge < -0.3 is 19.4 Å². The fourth-order valence-electron chi connectivity index (χ4n) is 3.91. The zero-order chi connectivity index (χ0) is 24.0. The van der Waals surface area contributed by atoms with Gasteiger partial charge in [-0.3, -0.25) is 9.36 Å². The van der Waals surface area contributed by atoms with E-state index >= 15 is 0 Å². The molecule has 0 aliphatic carbocycles. The maximum absolute atomic E-state index is 13.0. The second-order valence-electron chi connectivity index (χ2n) is 8.23. The number of carbonyl (C=O) groups excluding carboxylic acids is 1. The number of carbonyl (C=O) groups is 1. The third-order valence-corrected chi connectivity index (χ3v) is 6.89. The fraction of sp³-hybridized carbons (Fsp3) is 0.269. The van der Waals surface area contributed by atoms with E-state index in [0.29, 0.717) is 11.7 Å². The van der Waals surface area contributed by atoms with E-state index in [2.05, 4.69) is 20.4 Å². The van der Waals surface area contributed by atoms with Gasteiger partial charge in [0.15, 0.2) is 11.0 Å². The number of anilines is 2. The molecule has 3 heterocycles. The molecule has 0 bridgehead atoms. The molecule has 8 nitrogen and oxygen atoms in total. The van der Waals surface area contributed by atoms with Crippen LogP contribution in [0.4, 0.5) is 11.4 Å². The smallest absolute Gasteiger partial charge is 0.237 e. The van der Waals surface area contributed by atoms with Gasteiger partial charge in [-0.25, -0.2) is 0 Å². The average Bonchev–Trinajstić information content (AvgIpc) is 3.56. The number of hydrogen-bond donors (Lipinski definition) is 1. The van der Waals surface area contributed by atoms with E-state index in [0.717, 1.165) is 54.8 Å². The summed E-state index contributed by atoms with van der Waals surface area (Å²) >= 11 is 1.37. The topological polar surface area (TPSA) is 85.4 Å². The number of amides is 1. The van der Waals surface area contributed by atoms with Crippen LogP contribution in [0.15, 0.2) is 82.6 Å². The lowest BCUT2D eigenvalue weighted by Gasteiger charge is -2.28. The highest BCUT2D eigenvalue weighted by atomic mass is 32.2. The van der Waals surface area contributed by atoms with Gasteiger partial charge in [-0.1, -0.05) is 42.1 Å². The third kappa shape index (κ3) is 5.58. The third-order valence-electron chi connectivity index (χ3n) is 5.81. The van der Waals surface area contributed by atoms with Crippen molar-refractivity contribution in [3.05, 3.63) is 78.8 Å². The number of benzene rings is 2. The predicted molar refractivity (Wildman–Crippen MR) is 137 cm³/mol. The van der Waals surface area contributed by atoms with Gasteiger partial charge in [0.2, 0.25) is 5.91 Å². The lowest BCUT2D eigenvalue weighted by atomic mass is 10.2. The molecule has 1 saturated heterocycles. The minimum atomic E-state index is -0.378. The van der Waals surface area contributed by atoms with E-state index in [1.54, 1.807) is 6.26 Å². The summed E-state index contributed by atoms with van der Waals surface area (Å²) in [7, 11) is 0. The summed E-state index contributed by atoms with van der Waals surface area (Å²) in [5.74, 6) is 1.43. The van der Waals surface area contributed by atoms with Gasteiger partial charge in [-0.2, -0.15) is 0 Å². The first kappa shape index (κ1) is 23.2. The van der Waals surface area contributed by atoms with Gasteiger partial charge in [0.25, 0.3) is 0 Å². The van der Waals surface area contributed by atoms with Gasteiger partial charge in [0, 0.05) is 30.0 Å². The van der Waals surface area contributed by atoms with Crippen LogP contribution in [0.3, 0.4) is 0 Å². The Hall–Kier alpha value is -3.56. The molecule has 0 saturated carbocycles. The fourth-order valence-corrected chi connectivity index (χ4v) is 4.76. The van der Waals surface area contributed by atoms with Crippen molar-refractivity contribution < 1.29 is 13.9 Å². The van der Waals surface area contributed by atoms with Crippen LogP contribution in [0.5, 0.6) is 0 Å². The molecule has 1 unspecified atom stereocenters. The quantitative estimate of drug-likeness (QED) is 0.364. The normalized spacial score (nSPS) is 14.6. The Balaban J connectivity index is 1.28. The molecule has 180 valence electrons. The van der Waals surface area contributed by atoms with Crippen molar-refractivity contribution >= 4 is 29.0 Å². The summed E-state index contributed by atoms with van der Waals surface area (Å²) in [6.07, 6.45) is 1.65. The standard InChI is InChI=1S/C26H27N5O3S/c1-19(25(32)27-21-9-11-22(12-10-21)30-13-16-33-17-14-30)35-26-29-28-24(20-6-3-2-4-7-20)31(26)18-23-8-5-15-34-23/h2-12,15,19H,13-14,16-18H2,1H3,(H,27,32). The monoisotopic (exact) mass is 489 g/mol. The van der Waals surface area contributed by atoms with Crippen LogP contribution in [0, 0.1) is 0 Å². The Labute approximate surface area is 208 Å². The van der Waals surface area contributed by atoms with E-state index in [9.17, 15) is 4.79 Å². The number of thioether (sulfide) groups is 1. The average molecular weight is 490 g/mol. The van der Waals surface area contributed by atoms with Gasteiger partial charge in [0.1, 0.15) is 5.76 Å². The van der Waals surface area contributed by atoms with Crippen molar-refractivity contribution in [2.45, 2.75) is 23.9 Å². The lowest BCUT2D eigenvalue weighted by Crippen LogP contribution is -2.36. The number of nitrogens with one attached hydrogen (secondary N) is 1. The maximum atomic E-state index is 13.0. The van der Waals surface area contributed by atoms with Crippen molar-refractivity contribution in [2.24, 2.45) is 0 Å². The van der Waals surface area contributed by atoms with Crippen LogP contribution in [-0.2, 0) is 16.1 Å². The molecule has 35 heavy (non-hydrogen) atoms. The Morgan fingerprint density at radius 1 is 1.03 bits per heavy atom. The lowest BCUT2D eigenvalue weighted by molar-refractivity contribution is -0.115. The van der Waals surface area contributed by atoms with E-state index in [-0.39, 0.29) is 11.2 Å². The number of ether oxygens (including phenoxy) is 1. The Bertz CT molecular complexity index is 1240. The van der Waals surface area contributed by atoms with Crippen molar-refractivity contribution in [3.63, 3.8) is 0 Å². The molecular formula is C26H27N5O3S. The number of nitrogens with zero attached hydrogens (tertiary/aromatic N) is 4. The largest absolute Gasteiger partial charge is 0.467 e. The second-order valence-corrected chi connectivity index (χ2v) is 9.54. The Kier molecular flexibility index (Phi) is 7.15. The summed E-state index contributed by atoms with van der Waals surface area (Å²) in [6, 6.07) is 21.6. The highest BCUT2D eigenvalue weighted by molar-refractivity contribution is 8.00. The molecule has 9 heteroatoms. The Morgan fingerprint density at radius 3 is 2.51 bits per heavy atom. The summed E-state index contributed by atoms with van der Waals surface area (Å²) in [5.41, 5.74) is 2.85. The van der Waals surface area contributed by atoms with E-state index < -0.39 is 0 Å². The molecule has 4 aromatic rings. The zero-order valence-electron chi connectivity index (χ0n) is 19.5. The van der Waals surface area contributed by atoms with Gasteiger partial charge in [-0.15, -0.1) is 10.2 Å². The molecule has 1 atom stereocenters. The highest BCUT2D eigenvalue weighted by Crippen LogP contribution is 2.29. The molecule has 0 spiro atoms. The maximum Gasteiger partial charge on any atom is 0.237 e. The molecule has 1 aliphatic heterocycles. The van der Waals surface area contributed by atoms with Crippen molar-refractivity contribution in [3.8, 4) is 11.4 Å². The van der Waals surface area contributed by atoms with Gasteiger partial charge >= 0.3 is 0 Å². The SMILES string of the molecule is CC(Sc1nnc(-c2ccccc2)n1Cc1ccco1)C(=O)Nc1ccc(N2CCOCC2)cc1. The first-order chi connectivity index (χ1) is 17.2. The number of rotatable bonds is 8. The highest BCUT2D eigenvalue weighted by Gasteiger charge is 2.22. The van der Waals surface area contributed by atoms with Crippen LogP contribution < -0.4 is 10.2 Å². The van der Waals surface area contributed by atoms with Gasteiger partial charge in [0.05, 0.1) is 31.3 Å². The minimum absolute atomic E-state index is 0.0945. The Morgan fingerprint density at radius 2 is 1.80 bits per heavy atom.